The predicted octanol–water partition coefficient (Wildman–Crippen LogP) is 3.52. The molecule has 0 unspecified atom stereocenters. The van der Waals surface area contributed by atoms with Crippen molar-refractivity contribution in [3.05, 3.63) is 48.5 Å². The fourth-order valence-electron chi connectivity index (χ4n) is 2.00. The Kier molecular flexibility index (Phi) is 4.10. The van der Waals surface area contributed by atoms with Crippen LogP contribution in [0, 0.1) is 6.92 Å². The van der Waals surface area contributed by atoms with Crippen LogP contribution in [0.1, 0.15) is 5.89 Å². The molecule has 1 N–H and O–H groups in total. The van der Waals surface area contributed by atoms with Crippen LogP contribution in [-0.2, 0) is 10.0 Å². The zero-order valence-electron chi connectivity index (χ0n) is 12.4. The number of para-hydroxylation sites is 2. The molecule has 6 nitrogen and oxygen atoms in total. The summed E-state index contributed by atoms with van der Waals surface area (Å²) in [5.41, 5.74) is 0.389. The Morgan fingerprint density at radius 2 is 2.00 bits per heavy atom. The molecule has 8 heteroatoms. The average Bonchev–Trinajstić information content (AvgIpc) is 3.16. The second-order valence-corrected chi connectivity index (χ2v) is 7.66. The number of benzene rings is 1. The van der Waals surface area contributed by atoms with Gasteiger partial charge in [-0.2, -0.15) is 0 Å². The number of sulfonamides is 1. The molecule has 3 aromatic rings. The van der Waals surface area contributed by atoms with E-state index >= 15 is 0 Å². The third-order valence-corrected chi connectivity index (χ3v) is 6.02. The van der Waals surface area contributed by atoms with Crippen molar-refractivity contribution >= 4 is 27.0 Å². The molecule has 0 atom stereocenters. The van der Waals surface area contributed by atoms with Gasteiger partial charge in [-0.3, -0.25) is 4.72 Å². The number of thiophene rings is 1. The largest absolute Gasteiger partial charge is 0.495 e. The summed E-state index contributed by atoms with van der Waals surface area (Å²) < 4.78 is 38.3. The van der Waals surface area contributed by atoms with E-state index < -0.39 is 10.0 Å². The lowest BCUT2D eigenvalue weighted by atomic mass is 10.3. The monoisotopic (exact) mass is 350 g/mol. The van der Waals surface area contributed by atoms with E-state index in [1.165, 1.54) is 13.2 Å². The van der Waals surface area contributed by atoms with E-state index in [1.807, 2.05) is 0 Å². The molecule has 0 aliphatic heterocycles. The van der Waals surface area contributed by atoms with Crippen LogP contribution in [0.25, 0.3) is 10.6 Å². The number of hydrogen-bond acceptors (Lipinski definition) is 6. The van der Waals surface area contributed by atoms with Crippen LogP contribution in [0.3, 0.4) is 0 Å². The number of oxazole rings is 1. The van der Waals surface area contributed by atoms with Crippen molar-refractivity contribution in [3.8, 4) is 16.4 Å². The lowest BCUT2D eigenvalue weighted by Crippen LogP contribution is -2.12. The van der Waals surface area contributed by atoms with Crippen LogP contribution in [0.2, 0.25) is 0 Å². The van der Waals surface area contributed by atoms with Crippen molar-refractivity contribution in [3.63, 3.8) is 0 Å². The van der Waals surface area contributed by atoms with Gasteiger partial charge in [-0.05, 0) is 24.3 Å². The second kappa shape index (κ2) is 6.05. The van der Waals surface area contributed by atoms with Crippen molar-refractivity contribution < 1.29 is 17.6 Å². The summed E-state index contributed by atoms with van der Waals surface area (Å²) in [6.07, 6.45) is 1.57. The molecule has 23 heavy (non-hydrogen) atoms. The van der Waals surface area contributed by atoms with E-state index in [0.29, 0.717) is 28.0 Å². The molecule has 120 valence electrons. The van der Waals surface area contributed by atoms with Crippen molar-refractivity contribution in [2.24, 2.45) is 0 Å². The summed E-state index contributed by atoms with van der Waals surface area (Å²) in [4.78, 5) is 4.71. The van der Waals surface area contributed by atoms with Gasteiger partial charge in [0.2, 0.25) is 0 Å². The van der Waals surface area contributed by atoms with Gasteiger partial charge < -0.3 is 9.15 Å². The quantitative estimate of drug-likeness (QED) is 0.761. The average molecular weight is 350 g/mol. The molecule has 0 aliphatic rings. The van der Waals surface area contributed by atoms with Gasteiger partial charge in [0.1, 0.15) is 9.96 Å². The number of nitrogens with zero attached hydrogens (tertiary/aromatic N) is 1. The Morgan fingerprint density at radius 3 is 2.70 bits per heavy atom. The number of ether oxygens (including phenoxy) is 1. The molecular formula is C15H14N2O4S2. The van der Waals surface area contributed by atoms with Crippen LogP contribution < -0.4 is 9.46 Å². The number of aryl methyl sites for hydroxylation is 1. The Hall–Kier alpha value is -2.32. The number of aromatic nitrogens is 1. The highest BCUT2D eigenvalue weighted by molar-refractivity contribution is 7.94. The standard InChI is InChI=1S/C15H14N2O4S2/c1-10-16-9-13(21-10)14-7-8-15(22-14)23(18,19)17-11-5-3-4-6-12(11)20-2/h3-9,17H,1-2H3. The Balaban J connectivity index is 1.90. The summed E-state index contributed by atoms with van der Waals surface area (Å²) in [5.74, 6) is 1.54. The van der Waals surface area contributed by atoms with Crippen LogP contribution >= 0.6 is 11.3 Å². The van der Waals surface area contributed by atoms with Gasteiger partial charge in [-0.1, -0.05) is 12.1 Å². The molecular weight excluding hydrogens is 336 g/mol. The first-order valence-corrected chi connectivity index (χ1v) is 8.98. The molecule has 0 aliphatic carbocycles. The van der Waals surface area contributed by atoms with E-state index in [1.54, 1.807) is 43.5 Å². The summed E-state index contributed by atoms with van der Waals surface area (Å²) in [6, 6.07) is 10.1. The molecule has 0 bridgehead atoms. The SMILES string of the molecule is COc1ccccc1NS(=O)(=O)c1ccc(-c2cnc(C)o2)s1. The molecule has 2 aromatic heterocycles. The van der Waals surface area contributed by atoms with E-state index in [0.717, 1.165) is 11.3 Å². The van der Waals surface area contributed by atoms with Crippen molar-refractivity contribution in [1.82, 2.24) is 4.98 Å². The maximum Gasteiger partial charge on any atom is 0.271 e. The van der Waals surface area contributed by atoms with Gasteiger partial charge in [-0.15, -0.1) is 11.3 Å². The first kappa shape index (κ1) is 15.6. The van der Waals surface area contributed by atoms with Crippen molar-refractivity contribution in [2.45, 2.75) is 11.1 Å². The highest BCUT2D eigenvalue weighted by Gasteiger charge is 2.20. The fraction of sp³-hybridized carbons (Fsp3) is 0.133. The summed E-state index contributed by atoms with van der Waals surface area (Å²) in [5, 5.41) is 0. The van der Waals surface area contributed by atoms with E-state index in [4.69, 9.17) is 9.15 Å². The maximum atomic E-state index is 12.5. The van der Waals surface area contributed by atoms with Gasteiger partial charge in [0, 0.05) is 6.92 Å². The third kappa shape index (κ3) is 3.22. The minimum absolute atomic E-state index is 0.187. The molecule has 0 spiro atoms. The number of methoxy groups -OCH3 is 1. The maximum absolute atomic E-state index is 12.5. The zero-order chi connectivity index (χ0) is 16.4. The van der Waals surface area contributed by atoms with E-state index in [-0.39, 0.29) is 4.21 Å². The molecule has 1 aromatic carbocycles. The Morgan fingerprint density at radius 1 is 1.22 bits per heavy atom. The van der Waals surface area contributed by atoms with Crippen LogP contribution in [-0.4, -0.2) is 20.5 Å². The first-order valence-electron chi connectivity index (χ1n) is 6.68. The molecule has 0 saturated carbocycles. The topological polar surface area (TPSA) is 81.4 Å². The highest BCUT2D eigenvalue weighted by Crippen LogP contribution is 2.33. The normalized spacial score (nSPS) is 11.4. The lowest BCUT2D eigenvalue weighted by molar-refractivity contribution is 0.417. The van der Waals surface area contributed by atoms with Gasteiger partial charge in [0.15, 0.2) is 11.7 Å². The van der Waals surface area contributed by atoms with Crippen molar-refractivity contribution in [2.75, 3.05) is 11.8 Å². The van der Waals surface area contributed by atoms with E-state index in [9.17, 15) is 8.42 Å². The smallest absolute Gasteiger partial charge is 0.271 e. The Bertz CT molecular complexity index is 928. The summed E-state index contributed by atoms with van der Waals surface area (Å²) in [6.45, 7) is 1.73. The number of anilines is 1. The molecule has 0 fully saturated rings. The first-order chi connectivity index (χ1) is 11.0. The molecule has 0 saturated heterocycles. The number of nitrogens with one attached hydrogen (secondary N) is 1. The van der Waals surface area contributed by atoms with Crippen molar-refractivity contribution in [1.29, 1.82) is 0 Å². The summed E-state index contributed by atoms with van der Waals surface area (Å²) >= 11 is 1.11. The van der Waals surface area contributed by atoms with Gasteiger partial charge in [0.05, 0.1) is 23.9 Å². The molecule has 0 amide bonds. The number of hydrogen-bond donors (Lipinski definition) is 1. The number of rotatable bonds is 5. The molecule has 3 rings (SSSR count). The highest BCUT2D eigenvalue weighted by atomic mass is 32.2. The second-order valence-electron chi connectivity index (χ2n) is 4.67. The third-order valence-electron chi connectivity index (χ3n) is 3.06. The minimum Gasteiger partial charge on any atom is -0.495 e. The molecule has 2 heterocycles. The summed E-state index contributed by atoms with van der Waals surface area (Å²) in [7, 11) is -2.21. The van der Waals surface area contributed by atoms with Crippen LogP contribution in [0.4, 0.5) is 5.69 Å². The zero-order valence-corrected chi connectivity index (χ0v) is 14.1. The van der Waals surface area contributed by atoms with Gasteiger partial charge >= 0.3 is 0 Å². The van der Waals surface area contributed by atoms with Crippen LogP contribution in [0.15, 0.2) is 51.2 Å². The molecule has 0 radical (unpaired) electrons. The van der Waals surface area contributed by atoms with E-state index in [2.05, 4.69) is 9.71 Å². The lowest BCUT2D eigenvalue weighted by Gasteiger charge is -2.10. The minimum atomic E-state index is -3.70. The predicted molar refractivity (Wildman–Crippen MR) is 88.4 cm³/mol. The van der Waals surface area contributed by atoms with Gasteiger partial charge in [-0.25, -0.2) is 13.4 Å². The van der Waals surface area contributed by atoms with Gasteiger partial charge in [0.25, 0.3) is 10.0 Å². The Labute approximate surface area is 137 Å². The fourth-order valence-corrected chi connectivity index (χ4v) is 4.32. The van der Waals surface area contributed by atoms with Crippen LogP contribution in [0.5, 0.6) is 5.75 Å².